The van der Waals surface area contributed by atoms with Crippen LogP contribution in [-0.2, 0) is 4.74 Å². The number of hydrogen-bond acceptors (Lipinski definition) is 3. The first-order chi connectivity index (χ1) is 10.8. The lowest BCUT2D eigenvalue weighted by molar-refractivity contribution is 0.00939. The van der Waals surface area contributed by atoms with Gasteiger partial charge in [-0.25, -0.2) is 4.79 Å². The van der Waals surface area contributed by atoms with Crippen LogP contribution in [-0.4, -0.2) is 41.8 Å². The Bertz CT molecular complexity index is 339. The van der Waals surface area contributed by atoms with Crippen LogP contribution in [0.25, 0.3) is 0 Å². The maximum Gasteiger partial charge on any atom is 0.410 e. The number of nitrogens with one attached hydrogen (secondary N) is 1. The van der Waals surface area contributed by atoms with Crippen molar-refractivity contribution in [2.75, 3.05) is 13.1 Å². The molecule has 2 unspecified atom stereocenters. The second-order valence-electron chi connectivity index (χ2n) is 7.97. The van der Waals surface area contributed by atoms with E-state index in [9.17, 15) is 4.79 Å². The lowest BCUT2D eigenvalue weighted by Gasteiger charge is -2.38. The molecule has 1 fully saturated rings. The van der Waals surface area contributed by atoms with E-state index in [-0.39, 0.29) is 12.1 Å². The number of ether oxygens (including phenoxy) is 1. The smallest absolute Gasteiger partial charge is 0.410 e. The van der Waals surface area contributed by atoms with Gasteiger partial charge in [0.15, 0.2) is 0 Å². The Morgan fingerprint density at radius 3 is 2.43 bits per heavy atom. The predicted octanol–water partition coefficient (Wildman–Crippen LogP) is 4.72. The van der Waals surface area contributed by atoms with Crippen LogP contribution in [0.15, 0.2) is 0 Å². The summed E-state index contributed by atoms with van der Waals surface area (Å²) in [4.78, 5) is 14.1. The molecule has 0 aromatic heterocycles. The third kappa shape index (κ3) is 8.59. The zero-order chi connectivity index (χ0) is 17.3. The van der Waals surface area contributed by atoms with Crippen LogP contribution in [0.3, 0.4) is 0 Å². The minimum atomic E-state index is -0.413. The van der Waals surface area contributed by atoms with Crippen LogP contribution < -0.4 is 5.32 Å². The molecule has 136 valence electrons. The Hall–Kier alpha value is -0.770. The van der Waals surface area contributed by atoms with Crippen LogP contribution in [0, 0.1) is 0 Å². The molecule has 0 aromatic carbocycles. The summed E-state index contributed by atoms with van der Waals surface area (Å²) in [6, 6.07) is 0.792. The summed E-state index contributed by atoms with van der Waals surface area (Å²) in [6.07, 6.45) is 9.91. The first-order valence-corrected chi connectivity index (χ1v) is 9.56. The van der Waals surface area contributed by atoms with Crippen molar-refractivity contribution in [3.05, 3.63) is 0 Å². The van der Waals surface area contributed by atoms with Gasteiger partial charge < -0.3 is 15.0 Å². The minimum Gasteiger partial charge on any atom is -0.444 e. The van der Waals surface area contributed by atoms with Crippen molar-refractivity contribution in [2.24, 2.45) is 0 Å². The molecular formula is C19H38N2O2. The molecule has 1 aliphatic rings. The summed E-state index contributed by atoms with van der Waals surface area (Å²) in [6.45, 7) is 12.0. The van der Waals surface area contributed by atoms with Gasteiger partial charge in [0, 0.05) is 18.6 Å². The van der Waals surface area contributed by atoms with Gasteiger partial charge in [-0.3, -0.25) is 0 Å². The predicted molar refractivity (Wildman–Crippen MR) is 96.8 cm³/mol. The second kappa shape index (κ2) is 10.2. The highest BCUT2D eigenvalue weighted by Gasteiger charge is 2.31. The fraction of sp³-hybridized carbons (Fsp3) is 0.947. The van der Waals surface area contributed by atoms with Crippen molar-refractivity contribution in [1.82, 2.24) is 10.2 Å². The molecule has 1 amide bonds. The number of likely N-dealkylation sites (tertiary alicyclic amines) is 1. The summed E-state index contributed by atoms with van der Waals surface area (Å²) in [5, 5.41) is 3.67. The maximum absolute atomic E-state index is 12.2. The number of carbonyl (C=O) groups is 1. The number of nitrogens with zero attached hydrogens (tertiary/aromatic N) is 1. The Labute approximate surface area is 143 Å². The van der Waals surface area contributed by atoms with Crippen LogP contribution in [0.4, 0.5) is 4.79 Å². The standard InChI is InChI=1S/C19H38N2O2/c1-6-7-8-9-10-11-13-20-17-12-14-21(16(2)15-17)18(22)23-19(3,4)5/h16-17,20H,6-15H2,1-5H3. The number of hydrogen-bond donors (Lipinski definition) is 1. The van der Waals surface area contributed by atoms with E-state index in [1.807, 2.05) is 25.7 Å². The molecule has 0 radical (unpaired) electrons. The molecule has 0 saturated carbocycles. The third-order valence-electron chi connectivity index (χ3n) is 4.47. The fourth-order valence-corrected chi connectivity index (χ4v) is 3.16. The van der Waals surface area contributed by atoms with Crippen molar-refractivity contribution in [2.45, 2.75) is 104 Å². The van der Waals surface area contributed by atoms with Crippen LogP contribution in [0.2, 0.25) is 0 Å². The zero-order valence-electron chi connectivity index (χ0n) is 16.0. The van der Waals surface area contributed by atoms with E-state index < -0.39 is 5.60 Å². The molecule has 1 rings (SSSR count). The van der Waals surface area contributed by atoms with Crippen molar-refractivity contribution in [3.8, 4) is 0 Å². The van der Waals surface area contributed by atoms with Gasteiger partial charge in [0.2, 0.25) is 0 Å². The molecule has 1 heterocycles. The van der Waals surface area contributed by atoms with Gasteiger partial charge in [-0.15, -0.1) is 0 Å². The van der Waals surface area contributed by atoms with E-state index in [1.165, 1.54) is 38.5 Å². The quantitative estimate of drug-likeness (QED) is 0.656. The average molecular weight is 327 g/mol. The maximum atomic E-state index is 12.2. The van der Waals surface area contributed by atoms with Gasteiger partial charge in [0.25, 0.3) is 0 Å². The van der Waals surface area contributed by atoms with Crippen molar-refractivity contribution in [1.29, 1.82) is 0 Å². The molecule has 23 heavy (non-hydrogen) atoms. The monoisotopic (exact) mass is 326 g/mol. The van der Waals surface area contributed by atoms with Crippen molar-refractivity contribution in [3.63, 3.8) is 0 Å². The summed E-state index contributed by atoms with van der Waals surface area (Å²) in [7, 11) is 0. The molecule has 4 heteroatoms. The Morgan fingerprint density at radius 2 is 1.83 bits per heavy atom. The molecule has 1 aliphatic heterocycles. The Morgan fingerprint density at radius 1 is 1.17 bits per heavy atom. The number of rotatable bonds is 8. The lowest BCUT2D eigenvalue weighted by atomic mass is 9.98. The van der Waals surface area contributed by atoms with E-state index in [0.29, 0.717) is 6.04 Å². The first-order valence-electron chi connectivity index (χ1n) is 9.56. The highest BCUT2D eigenvalue weighted by atomic mass is 16.6. The molecular weight excluding hydrogens is 288 g/mol. The van der Waals surface area contributed by atoms with Gasteiger partial charge >= 0.3 is 6.09 Å². The van der Waals surface area contributed by atoms with Gasteiger partial charge in [-0.2, -0.15) is 0 Å². The fourth-order valence-electron chi connectivity index (χ4n) is 3.16. The van der Waals surface area contributed by atoms with Crippen molar-refractivity contribution >= 4 is 6.09 Å². The Balaban J connectivity index is 2.18. The number of amides is 1. The normalized spacial score (nSPS) is 22.2. The SMILES string of the molecule is CCCCCCCCNC1CCN(C(=O)OC(C)(C)C)C(C)C1. The zero-order valence-corrected chi connectivity index (χ0v) is 16.0. The van der Waals surface area contributed by atoms with E-state index >= 15 is 0 Å². The van der Waals surface area contributed by atoms with Crippen LogP contribution in [0.5, 0.6) is 0 Å². The van der Waals surface area contributed by atoms with E-state index in [2.05, 4.69) is 19.2 Å². The Kier molecular flexibility index (Phi) is 8.96. The molecule has 4 nitrogen and oxygen atoms in total. The number of carbonyl (C=O) groups excluding carboxylic acids is 1. The van der Waals surface area contributed by atoms with Crippen LogP contribution >= 0.6 is 0 Å². The summed E-state index contributed by atoms with van der Waals surface area (Å²) < 4.78 is 5.49. The number of unbranched alkanes of at least 4 members (excludes halogenated alkanes) is 5. The molecule has 0 aliphatic carbocycles. The highest BCUT2D eigenvalue weighted by molar-refractivity contribution is 5.68. The largest absolute Gasteiger partial charge is 0.444 e. The van der Waals surface area contributed by atoms with Gasteiger partial charge in [0.1, 0.15) is 5.60 Å². The summed E-state index contributed by atoms with van der Waals surface area (Å²) in [5.74, 6) is 0. The second-order valence-corrected chi connectivity index (χ2v) is 7.97. The highest BCUT2D eigenvalue weighted by Crippen LogP contribution is 2.20. The third-order valence-corrected chi connectivity index (χ3v) is 4.47. The average Bonchev–Trinajstić information content (AvgIpc) is 2.44. The molecule has 2 atom stereocenters. The van der Waals surface area contributed by atoms with Crippen molar-refractivity contribution < 1.29 is 9.53 Å². The molecule has 1 N–H and O–H groups in total. The van der Waals surface area contributed by atoms with E-state index in [0.717, 1.165) is 25.9 Å². The molecule has 0 spiro atoms. The molecule has 0 aromatic rings. The first kappa shape index (κ1) is 20.3. The lowest BCUT2D eigenvalue weighted by Crippen LogP contribution is -2.51. The van der Waals surface area contributed by atoms with Gasteiger partial charge in [-0.05, 0) is 53.5 Å². The summed E-state index contributed by atoms with van der Waals surface area (Å²) >= 11 is 0. The van der Waals surface area contributed by atoms with E-state index in [1.54, 1.807) is 0 Å². The number of piperidine rings is 1. The minimum absolute atomic E-state index is 0.167. The van der Waals surface area contributed by atoms with E-state index in [4.69, 9.17) is 4.74 Å². The summed E-state index contributed by atoms with van der Waals surface area (Å²) in [5.41, 5.74) is -0.413. The topological polar surface area (TPSA) is 41.6 Å². The van der Waals surface area contributed by atoms with Gasteiger partial charge in [-0.1, -0.05) is 39.0 Å². The molecule has 1 saturated heterocycles. The van der Waals surface area contributed by atoms with Gasteiger partial charge in [0.05, 0.1) is 0 Å². The van der Waals surface area contributed by atoms with Crippen LogP contribution in [0.1, 0.15) is 86.0 Å². The molecule has 0 bridgehead atoms.